The van der Waals surface area contributed by atoms with Gasteiger partial charge in [0, 0.05) is 32.2 Å². The van der Waals surface area contributed by atoms with Crippen LogP contribution in [0.15, 0.2) is 54.6 Å². The average molecular weight is 282 g/mol. The van der Waals surface area contributed by atoms with E-state index in [0.29, 0.717) is 11.8 Å². The van der Waals surface area contributed by atoms with Crippen LogP contribution in [0.4, 0.5) is 0 Å². The van der Waals surface area contributed by atoms with E-state index in [1.165, 1.54) is 17.5 Å². The third-order valence-electron chi connectivity index (χ3n) is 4.05. The fraction of sp³-hybridized carbons (Fsp3) is 0.333. The molecule has 110 valence electrons. The van der Waals surface area contributed by atoms with Gasteiger partial charge in [-0.15, -0.1) is 0 Å². The smallest absolute Gasteiger partial charge is 0.115 e. The summed E-state index contributed by atoms with van der Waals surface area (Å²) in [7, 11) is 0. The van der Waals surface area contributed by atoms with Crippen molar-refractivity contribution in [2.45, 2.75) is 25.6 Å². The van der Waals surface area contributed by atoms with Crippen molar-refractivity contribution in [3.05, 3.63) is 65.7 Å². The summed E-state index contributed by atoms with van der Waals surface area (Å²) in [5.74, 6) is 0.327. The maximum absolute atomic E-state index is 9.28. The zero-order chi connectivity index (χ0) is 14.5. The van der Waals surface area contributed by atoms with Crippen molar-refractivity contribution in [3.63, 3.8) is 0 Å². The Morgan fingerprint density at radius 3 is 2.52 bits per heavy atom. The molecule has 0 radical (unpaired) electrons. The normalized spacial score (nSPS) is 19.0. The highest BCUT2D eigenvalue weighted by Crippen LogP contribution is 2.15. The maximum atomic E-state index is 9.28. The summed E-state index contributed by atoms with van der Waals surface area (Å²) >= 11 is 0. The molecule has 0 bridgehead atoms. The van der Waals surface area contributed by atoms with Gasteiger partial charge in [0.05, 0.1) is 0 Å². The molecule has 1 fully saturated rings. The summed E-state index contributed by atoms with van der Waals surface area (Å²) < 4.78 is 0. The molecule has 2 aromatic carbocycles. The zero-order valence-corrected chi connectivity index (χ0v) is 12.2. The van der Waals surface area contributed by atoms with E-state index in [-0.39, 0.29) is 0 Å². The molecule has 2 N–H and O–H groups in total. The number of aromatic hydroxyl groups is 1. The standard InChI is InChI=1S/C18H22N2O/c21-18-8-6-15(7-9-18)12-19-17-10-11-20(14-17)13-16-4-2-1-3-5-16/h1-9,17,19,21H,10-14H2/t17-/m0/s1. The summed E-state index contributed by atoms with van der Waals surface area (Å²) in [6.07, 6.45) is 1.20. The van der Waals surface area contributed by atoms with Crippen LogP contribution in [0.1, 0.15) is 17.5 Å². The van der Waals surface area contributed by atoms with Gasteiger partial charge in [0.15, 0.2) is 0 Å². The minimum atomic E-state index is 0.327. The van der Waals surface area contributed by atoms with Crippen molar-refractivity contribution in [2.75, 3.05) is 13.1 Å². The molecule has 1 saturated heterocycles. The lowest BCUT2D eigenvalue weighted by atomic mass is 10.2. The average Bonchev–Trinajstić information content (AvgIpc) is 2.95. The van der Waals surface area contributed by atoms with Crippen LogP contribution >= 0.6 is 0 Å². The second-order valence-electron chi connectivity index (χ2n) is 5.75. The van der Waals surface area contributed by atoms with Crippen LogP contribution in [0.5, 0.6) is 5.75 Å². The first-order chi connectivity index (χ1) is 10.3. The third kappa shape index (κ3) is 4.06. The SMILES string of the molecule is Oc1ccc(CN[C@H]2CCN(Cc3ccccc3)C2)cc1. The molecule has 0 amide bonds. The van der Waals surface area contributed by atoms with E-state index in [1.54, 1.807) is 12.1 Å². The number of hydrogen-bond acceptors (Lipinski definition) is 3. The summed E-state index contributed by atoms with van der Waals surface area (Å²) in [4.78, 5) is 2.50. The van der Waals surface area contributed by atoms with E-state index in [0.717, 1.165) is 26.2 Å². The second-order valence-corrected chi connectivity index (χ2v) is 5.75. The van der Waals surface area contributed by atoms with Crippen molar-refractivity contribution in [3.8, 4) is 5.75 Å². The molecule has 1 aliphatic heterocycles. The number of benzene rings is 2. The molecular weight excluding hydrogens is 260 g/mol. The Morgan fingerprint density at radius 1 is 1.00 bits per heavy atom. The van der Waals surface area contributed by atoms with Crippen molar-refractivity contribution >= 4 is 0 Å². The third-order valence-corrected chi connectivity index (χ3v) is 4.05. The van der Waals surface area contributed by atoms with Crippen LogP contribution < -0.4 is 5.32 Å². The van der Waals surface area contributed by atoms with Crippen molar-refractivity contribution in [1.82, 2.24) is 10.2 Å². The highest BCUT2D eigenvalue weighted by molar-refractivity contribution is 5.25. The molecule has 0 aromatic heterocycles. The Morgan fingerprint density at radius 2 is 1.76 bits per heavy atom. The van der Waals surface area contributed by atoms with Crippen molar-refractivity contribution in [2.24, 2.45) is 0 Å². The Kier molecular flexibility index (Phi) is 4.53. The number of likely N-dealkylation sites (tertiary alicyclic amines) is 1. The largest absolute Gasteiger partial charge is 0.508 e. The molecule has 2 aromatic rings. The Labute approximate surface area is 126 Å². The zero-order valence-electron chi connectivity index (χ0n) is 12.2. The molecule has 0 saturated carbocycles. The van der Waals surface area contributed by atoms with E-state index in [9.17, 15) is 5.11 Å². The summed E-state index contributed by atoms with van der Waals surface area (Å²) in [5.41, 5.74) is 2.60. The predicted molar refractivity (Wildman–Crippen MR) is 85.1 cm³/mol. The van der Waals surface area contributed by atoms with Gasteiger partial charge >= 0.3 is 0 Å². The summed E-state index contributed by atoms with van der Waals surface area (Å²) in [5, 5.41) is 12.9. The molecule has 21 heavy (non-hydrogen) atoms. The van der Waals surface area contributed by atoms with Gasteiger partial charge in [-0.2, -0.15) is 0 Å². The Bertz CT molecular complexity index is 553. The van der Waals surface area contributed by atoms with E-state index >= 15 is 0 Å². The van der Waals surface area contributed by atoms with E-state index in [1.807, 2.05) is 12.1 Å². The van der Waals surface area contributed by atoms with E-state index in [2.05, 4.69) is 40.5 Å². The minimum Gasteiger partial charge on any atom is -0.508 e. The Hall–Kier alpha value is -1.84. The van der Waals surface area contributed by atoms with Gasteiger partial charge in [-0.25, -0.2) is 0 Å². The van der Waals surface area contributed by atoms with Crippen LogP contribution in [0.25, 0.3) is 0 Å². The highest BCUT2D eigenvalue weighted by Gasteiger charge is 2.21. The van der Waals surface area contributed by atoms with Gasteiger partial charge < -0.3 is 10.4 Å². The molecule has 1 heterocycles. The molecule has 1 atom stereocenters. The lowest BCUT2D eigenvalue weighted by molar-refractivity contribution is 0.320. The fourth-order valence-corrected chi connectivity index (χ4v) is 2.86. The van der Waals surface area contributed by atoms with Gasteiger partial charge in [0.25, 0.3) is 0 Å². The lowest BCUT2D eigenvalue weighted by Gasteiger charge is -2.17. The van der Waals surface area contributed by atoms with E-state index < -0.39 is 0 Å². The maximum Gasteiger partial charge on any atom is 0.115 e. The van der Waals surface area contributed by atoms with Gasteiger partial charge in [0.2, 0.25) is 0 Å². The first kappa shape index (κ1) is 14.1. The van der Waals surface area contributed by atoms with Crippen LogP contribution in [-0.4, -0.2) is 29.1 Å². The topological polar surface area (TPSA) is 35.5 Å². The van der Waals surface area contributed by atoms with Crippen molar-refractivity contribution in [1.29, 1.82) is 0 Å². The molecule has 3 nitrogen and oxygen atoms in total. The fourth-order valence-electron chi connectivity index (χ4n) is 2.86. The monoisotopic (exact) mass is 282 g/mol. The predicted octanol–water partition coefficient (Wildman–Crippen LogP) is 2.76. The number of rotatable bonds is 5. The number of hydrogen-bond donors (Lipinski definition) is 2. The second kappa shape index (κ2) is 6.74. The van der Waals surface area contributed by atoms with Crippen LogP contribution in [0, 0.1) is 0 Å². The molecule has 1 aliphatic rings. The molecule has 0 aliphatic carbocycles. The molecule has 3 heteroatoms. The number of phenolic OH excluding ortho intramolecular Hbond substituents is 1. The summed E-state index contributed by atoms with van der Waals surface area (Å²) in [6.45, 7) is 4.16. The van der Waals surface area contributed by atoms with Crippen LogP contribution in [0.2, 0.25) is 0 Å². The van der Waals surface area contributed by atoms with Gasteiger partial charge in [-0.3, -0.25) is 4.90 Å². The molecular formula is C18H22N2O. The molecule has 0 spiro atoms. The first-order valence-electron chi connectivity index (χ1n) is 7.57. The Balaban J connectivity index is 1.45. The van der Waals surface area contributed by atoms with Gasteiger partial charge in [0.1, 0.15) is 5.75 Å². The van der Waals surface area contributed by atoms with Crippen LogP contribution in [-0.2, 0) is 13.1 Å². The van der Waals surface area contributed by atoms with Gasteiger partial charge in [-0.05, 0) is 29.7 Å². The van der Waals surface area contributed by atoms with Gasteiger partial charge in [-0.1, -0.05) is 42.5 Å². The highest BCUT2D eigenvalue weighted by atomic mass is 16.3. The number of phenols is 1. The number of nitrogens with zero attached hydrogens (tertiary/aromatic N) is 1. The molecule has 0 unspecified atom stereocenters. The first-order valence-corrected chi connectivity index (χ1v) is 7.57. The van der Waals surface area contributed by atoms with Crippen molar-refractivity contribution < 1.29 is 5.11 Å². The quantitative estimate of drug-likeness (QED) is 0.885. The summed E-state index contributed by atoms with van der Waals surface area (Å²) in [6, 6.07) is 18.6. The number of nitrogens with one attached hydrogen (secondary N) is 1. The van der Waals surface area contributed by atoms with Crippen LogP contribution in [0.3, 0.4) is 0 Å². The minimum absolute atomic E-state index is 0.327. The molecule has 3 rings (SSSR count). The van der Waals surface area contributed by atoms with E-state index in [4.69, 9.17) is 0 Å². The lowest BCUT2D eigenvalue weighted by Crippen LogP contribution is -2.31.